The quantitative estimate of drug-likeness (QED) is 0.639. The largest absolute Gasteiger partial charge is 0.493 e. The third-order valence-corrected chi connectivity index (χ3v) is 4.85. The summed E-state index contributed by atoms with van der Waals surface area (Å²) in [7, 11) is 0. The van der Waals surface area contributed by atoms with E-state index >= 15 is 0 Å². The zero-order chi connectivity index (χ0) is 17.8. The number of nitrogens with two attached hydrogens (primary N) is 1. The zero-order valence-corrected chi connectivity index (χ0v) is 14.7. The molecule has 2 aromatic rings. The van der Waals surface area contributed by atoms with Crippen molar-refractivity contribution in [2.45, 2.75) is 44.4 Å². The molecule has 26 heavy (non-hydrogen) atoms. The summed E-state index contributed by atoms with van der Waals surface area (Å²) in [5.41, 5.74) is 8.27. The number of guanidine groups is 1. The molecule has 2 aliphatic rings. The summed E-state index contributed by atoms with van der Waals surface area (Å²) >= 11 is 0. The summed E-state index contributed by atoms with van der Waals surface area (Å²) in [6, 6.07) is 12.0. The number of nitrogens with one attached hydrogen (secondary N) is 1. The fourth-order valence-corrected chi connectivity index (χ4v) is 3.17. The second-order valence-electron chi connectivity index (χ2n) is 6.75. The number of ether oxygens (including phenoxy) is 2. The number of rotatable bonds is 5. The van der Waals surface area contributed by atoms with Gasteiger partial charge in [0.25, 0.3) is 0 Å². The van der Waals surface area contributed by atoms with Crippen molar-refractivity contribution in [2.75, 3.05) is 6.61 Å². The Bertz CT molecular complexity index is 789. The highest BCUT2D eigenvalue weighted by Crippen LogP contribution is 2.31. The van der Waals surface area contributed by atoms with E-state index in [0.717, 1.165) is 36.1 Å². The Kier molecular flexibility index (Phi) is 4.91. The highest BCUT2D eigenvalue weighted by Gasteiger charge is 2.21. The van der Waals surface area contributed by atoms with E-state index in [-0.39, 0.29) is 6.04 Å². The Labute approximate surface area is 153 Å². The van der Waals surface area contributed by atoms with E-state index in [1.54, 1.807) is 6.20 Å². The molecule has 1 unspecified atom stereocenters. The molecule has 4 rings (SSSR count). The Morgan fingerprint density at radius 3 is 3.00 bits per heavy atom. The van der Waals surface area contributed by atoms with E-state index in [1.165, 1.54) is 6.42 Å². The van der Waals surface area contributed by atoms with Crippen LogP contribution in [0.2, 0.25) is 0 Å². The van der Waals surface area contributed by atoms with Crippen LogP contribution in [-0.2, 0) is 6.54 Å². The van der Waals surface area contributed by atoms with Crippen molar-refractivity contribution in [1.82, 2.24) is 10.3 Å². The van der Waals surface area contributed by atoms with Gasteiger partial charge in [-0.2, -0.15) is 0 Å². The molecule has 136 valence electrons. The maximum atomic E-state index is 6.11. The van der Waals surface area contributed by atoms with Crippen molar-refractivity contribution < 1.29 is 9.47 Å². The van der Waals surface area contributed by atoms with Crippen LogP contribution in [0.4, 0.5) is 0 Å². The molecule has 1 aromatic heterocycles. The molecule has 0 bridgehead atoms. The standard InChI is InChI=1S/C20H24N4O2/c21-20(24-17-9-11-25-18-7-2-1-6-16(17)18)23-13-14-8-10-22-19(12-14)26-15-4-3-5-15/h1-2,6-8,10,12,15,17H,3-5,9,11,13H2,(H3,21,23,24). The van der Waals surface area contributed by atoms with E-state index in [0.29, 0.717) is 31.1 Å². The predicted molar refractivity (Wildman–Crippen MR) is 100 cm³/mol. The molecular weight excluding hydrogens is 328 g/mol. The minimum Gasteiger partial charge on any atom is -0.493 e. The minimum absolute atomic E-state index is 0.124. The lowest BCUT2D eigenvalue weighted by Gasteiger charge is -2.27. The molecule has 1 atom stereocenters. The first kappa shape index (κ1) is 16.7. The highest BCUT2D eigenvalue weighted by atomic mass is 16.5. The van der Waals surface area contributed by atoms with Crippen LogP contribution < -0.4 is 20.5 Å². The molecule has 1 saturated carbocycles. The molecule has 6 heteroatoms. The first-order valence-electron chi connectivity index (χ1n) is 9.18. The number of aromatic nitrogens is 1. The molecule has 0 radical (unpaired) electrons. The van der Waals surface area contributed by atoms with Crippen LogP contribution in [-0.4, -0.2) is 23.7 Å². The highest BCUT2D eigenvalue weighted by molar-refractivity contribution is 5.78. The number of hydrogen-bond donors (Lipinski definition) is 2. The third kappa shape index (κ3) is 3.90. The molecule has 0 amide bonds. The first-order valence-corrected chi connectivity index (χ1v) is 9.18. The average Bonchev–Trinajstić information content (AvgIpc) is 2.64. The molecule has 2 heterocycles. The molecule has 0 saturated heterocycles. The number of aliphatic imine (C=N–C) groups is 1. The van der Waals surface area contributed by atoms with Crippen molar-refractivity contribution in [3.05, 3.63) is 53.7 Å². The van der Waals surface area contributed by atoms with Gasteiger partial charge in [-0.15, -0.1) is 0 Å². The number of benzene rings is 1. The van der Waals surface area contributed by atoms with Crippen molar-refractivity contribution in [1.29, 1.82) is 0 Å². The van der Waals surface area contributed by atoms with Gasteiger partial charge < -0.3 is 20.5 Å². The summed E-state index contributed by atoms with van der Waals surface area (Å²) in [6.07, 6.45) is 6.42. The van der Waals surface area contributed by atoms with Crippen molar-refractivity contribution in [2.24, 2.45) is 10.7 Å². The van der Waals surface area contributed by atoms with Crippen molar-refractivity contribution in [3.63, 3.8) is 0 Å². The van der Waals surface area contributed by atoms with Crippen molar-refractivity contribution >= 4 is 5.96 Å². The SMILES string of the molecule is NC(=NCc1ccnc(OC2CCC2)c1)NC1CCOc2ccccc21. The van der Waals surface area contributed by atoms with Crippen molar-refractivity contribution in [3.8, 4) is 11.6 Å². The Balaban J connectivity index is 1.37. The van der Waals surface area contributed by atoms with Crippen LogP contribution in [0, 0.1) is 0 Å². The smallest absolute Gasteiger partial charge is 0.213 e. The second kappa shape index (κ2) is 7.64. The van der Waals surface area contributed by atoms with Crippen LogP contribution in [0.3, 0.4) is 0 Å². The van der Waals surface area contributed by atoms with Gasteiger partial charge in [0, 0.05) is 24.2 Å². The van der Waals surface area contributed by atoms with Gasteiger partial charge in [0.15, 0.2) is 5.96 Å². The monoisotopic (exact) mass is 352 g/mol. The van der Waals surface area contributed by atoms with Crippen LogP contribution in [0.15, 0.2) is 47.6 Å². The lowest BCUT2D eigenvalue weighted by Crippen LogP contribution is -2.37. The molecule has 1 aliphatic carbocycles. The molecule has 1 aromatic carbocycles. The van der Waals surface area contributed by atoms with Gasteiger partial charge in [-0.05, 0) is 37.0 Å². The maximum Gasteiger partial charge on any atom is 0.213 e. The Morgan fingerprint density at radius 1 is 1.27 bits per heavy atom. The number of fused-ring (bicyclic) bond motifs is 1. The summed E-state index contributed by atoms with van der Waals surface area (Å²) in [6.45, 7) is 1.17. The third-order valence-electron chi connectivity index (χ3n) is 4.85. The second-order valence-corrected chi connectivity index (χ2v) is 6.75. The van der Waals surface area contributed by atoms with E-state index in [2.05, 4.69) is 21.4 Å². The van der Waals surface area contributed by atoms with Crippen LogP contribution in [0.5, 0.6) is 11.6 Å². The van der Waals surface area contributed by atoms with E-state index in [4.69, 9.17) is 15.2 Å². The molecule has 0 spiro atoms. The van der Waals surface area contributed by atoms with Gasteiger partial charge in [-0.25, -0.2) is 9.98 Å². The van der Waals surface area contributed by atoms with Gasteiger partial charge in [-0.3, -0.25) is 0 Å². The summed E-state index contributed by atoms with van der Waals surface area (Å²) < 4.78 is 11.5. The van der Waals surface area contributed by atoms with Gasteiger partial charge >= 0.3 is 0 Å². The minimum atomic E-state index is 0.124. The van der Waals surface area contributed by atoms with Gasteiger partial charge in [0.2, 0.25) is 5.88 Å². The first-order chi connectivity index (χ1) is 12.8. The Hall–Kier alpha value is -2.76. The van der Waals surface area contributed by atoms with Crippen LogP contribution in [0.1, 0.15) is 42.9 Å². The van der Waals surface area contributed by atoms with Gasteiger partial charge in [0.1, 0.15) is 11.9 Å². The summed E-state index contributed by atoms with van der Waals surface area (Å²) in [5, 5.41) is 3.31. The number of pyridine rings is 1. The lowest BCUT2D eigenvalue weighted by molar-refractivity contribution is 0.114. The van der Waals surface area contributed by atoms with E-state index in [9.17, 15) is 0 Å². The number of para-hydroxylation sites is 1. The molecule has 1 fully saturated rings. The fraction of sp³-hybridized carbons (Fsp3) is 0.400. The summed E-state index contributed by atoms with van der Waals surface area (Å²) in [5.74, 6) is 2.02. The maximum absolute atomic E-state index is 6.11. The van der Waals surface area contributed by atoms with Crippen LogP contribution in [0.25, 0.3) is 0 Å². The zero-order valence-electron chi connectivity index (χ0n) is 14.7. The summed E-state index contributed by atoms with van der Waals surface area (Å²) in [4.78, 5) is 8.75. The number of nitrogens with zero attached hydrogens (tertiary/aromatic N) is 2. The van der Waals surface area contributed by atoms with Gasteiger partial charge in [-0.1, -0.05) is 18.2 Å². The molecule has 1 aliphatic heterocycles. The number of hydrogen-bond acceptors (Lipinski definition) is 4. The normalized spacial score (nSPS) is 19.8. The topological polar surface area (TPSA) is 81.8 Å². The Morgan fingerprint density at radius 2 is 2.15 bits per heavy atom. The predicted octanol–water partition coefficient (Wildman–Crippen LogP) is 2.94. The van der Waals surface area contributed by atoms with Crippen LogP contribution >= 0.6 is 0 Å². The van der Waals surface area contributed by atoms with E-state index < -0.39 is 0 Å². The van der Waals surface area contributed by atoms with E-state index in [1.807, 2.05) is 30.3 Å². The molecular formula is C20H24N4O2. The molecule has 3 N–H and O–H groups in total. The average molecular weight is 352 g/mol. The fourth-order valence-electron chi connectivity index (χ4n) is 3.17. The lowest BCUT2D eigenvalue weighted by atomic mass is 9.96. The van der Waals surface area contributed by atoms with Gasteiger partial charge in [0.05, 0.1) is 19.2 Å². The molecule has 6 nitrogen and oxygen atoms in total.